The van der Waals surface area contributed by atoms with Crippen LogP contribution in [0.2, 0.25) is 5.02 Å². The maximum absolute atomic E-state index is 12.2. The highest BCUT2D eigenvalue weighted by molar-refractivity contribution is 6.33. The van der Waals surface area contributed by atoms with Gasteiger partial charge in [-0.15, -0.1) is 0 Å². The van der Waals surface area contributed by atoms with Crippen LogP contribution >= 0.6 is 11.6 Å². The zero-order valence-electron chi connectivity index (χ0n) is 11.8. The van der Waals surface area contributed by atoms with Crippen molar-refractivity contribution < 1.29 is 4.79 Å². The van der Waals surface area contributed by atoms with Gasteiger partial charge in [0.1, 0.15) is 18.3 Å². The first-order valence-electron chi connectivity index (χ1n) is 6.78. The van der Waals surface area contributed by atoms with Gasteiger partial charge in [0.05, 0.1) is 10.7 Å². The fourth-order valence-corrected chi connectivity index (χ4v) is 2.24. The van der Waals surface area contributed by atoms with Gasteiger partial charge in [-0.2, -0.15) is 5.10 Å². The lowest BCUT2D eigenvalue weighted by Gasteiger charge is -2.15. The molecule has 1 unspecified atom stereocenters. The van der Waals surface area contributed by atoms with Gasteiger partial charge in [-0.1, -0.05) is 24.6 Å². The molecule has 0 aliphatic heterocycles. The van der Waals surface area contributed by atoms with Crippen molar-refractivity contribution >= 4 is 23.2 Å². The van der Waals surface area contributed by atoms with E-state index >= 15 is 0 Å². The summed E-state index contributed by atoms with van der Waals surface area (Å²) in [7, 11) is 0. The average molecular weight is 308 g/mol. The van der Waals surface area contributed by atoms with E-state index in [9.17, 15) is 4.79 Å². The lowest BCUT2D eigenvalue weighted by atomic mass is 10.0. The van der Waals surface area contributed by atoms with Gasteiger partial charge >= 0.3 is 0 Å². The molecule has 0 spiro atoms. The molecule has 1 amide bonds. The summed E-state index contributed by atoms with van der Waals surface area (Å²) in [5, 5.41) is 7.45. The summed E-state index contributed by atoms with van der Waals surface area (Å²) >= 11 is 6.21. The molecule has 0 radical (unpaired) electrons. The van der Waals surface area contributed by atoms with E-state index in [2.05, 4.69) is 15.4 Å². The second-order valence-corrected chi connectivity index (χ2v) is 5.20. The van der Waals surface area contributed by atoms with Crippen LogP contribution in [0.15, 0.2) is 30.9 Å². The number of nitrogens with two attached hydrogens (primary N) is 1. The quantitative estimate of drug-likeness (QED) is 0.857. The largest absolute Gasteiger partial charge is 0.330 e. The summed E-state index contributed by atoms with van der Waals surface area (Å²) < 4.78 is 1.53. The van der Waals surface area contributed by atoms with Crippen LogP contribution in [0.5, 0.6) is 0 Å². The number of hydrogen-bond acceptors (Lipinski definition) is 4. The SMILES string of the molecule is CC(CCCN)C(=O)Nc1cccc(Cl)c1-n1cncn1. The topological polar surface area (TPSA) is 85.8 Å². The highest BCUT2D eigenvalue weighted by Crippen LogP contribution is 2.28. The summed E-state index contributed by atoms with van der Waals surface area (Å²) in [6, 6.07) is 5.31. The fraction of sp³-hybridized carbons (Fsp3) is 0.357. The monoisotopic (exact) mass is 307 g/mol. The van der Waals surface area contributed by atoms with Crippen molar-refractivity contribution in [1.82, 2.24) is 14.8 Å². The van der Waals surface area contributed by atoms with E-state index in [0.29, 0.717) is 22.9 Å². The normalized spacial score (nSPS) is 12.1. The van der Waals surface area contributed by atoms with Gasteiger partial charge in [-0.3, -0.25) is 4.79 Å². The van der Waals surface area contributed by atoms with Crippen molar-refractivity contribution in [3.05, 3.63) is 35.9 Å². The molecule has 1 heterocycles. The first-order chi connectivity index (χ1) is 10.1. The Morgan fingerprint density at radius 2 is 2.33 bits per heavy atom. The molecule has 0 fully saturated rings. The third-order valence-electron chi connectivity index (χ3n) is 3.18. The Hall–Kier alpha value is -1.92. The lowest BCUT2D eigenvalue weighted by molar-refractivity contribution is -0.119. The van der Waals surface area contributed by atoms with Gasteiger partial charge in [-0.25, -0.2) is 9.67 Å². The number of carbonyl (C=O) groups is 1. The number of benzene rings is 1. The van der Waals surface area contributed by atoms with Crippen molar-refractivity contribution in [3.8, 4) is 5.69 Å². The maximum Gasteiger partial charge on any atom is 0.227 e. The third-order valence-corrected chi connectivity index (χ3v) is 3.49. The number of nitrogens with one attached hydrogen (secondary N) is 1. The predicted octanol–water partition coefficient (Wildman–Crippen LogP) is 2.23. The second kappa shape index (κ2) is 7.19. The average Bonchev–Trinajstić information content (AvgIpc) is 2.98. The molecule has 0 bridgehead atoms. The van der Waals surface area contributed by atoms with Crippen LogP contribution in [-0.2, 0) is 4.79 Å². The Morgan fingerprint density at radius 3 is 3.00 bits per heavy atom. The molecular weight excluding hydrogens is 290 g/mol. The van der Waals surface area contributed by atoms with E-state index in [1.165, 1.54) is 17.3 Å². The maximum atomic E-state index is 12.2. The number of aromatic nitrogens is 3. The van der Waals surface area contributed by atoms with Gasteiger partial charge in [0.25, 0.3) is 0 Å². The molecule has 1 aromatic carbocycles. The van der Waals surface area contributed by atoms with Crippen LogP contribution in [0.4, 0.5) is 5.69 Å². The minimum atomic E-state index is -0.115. The van der Waals surface area contributed by atoms with Crippen LogP contribution in [0.3, 0.4) is 0 Å². The van der Waals surface area contributed by atoms with Gasteiger partial charge in [0.2, 0.25) is 5.91 Å². The number of carbonyl (C=O) groups excluding carboxylic acids is 1. The standard InChI is InChI=1S/C14H18ClN5O/c1-10(4-3-7-16)14(21)19-12-6-2-5-11(15)13(12)20-9-17-8-18-20/h2,5-6,8-10H,3-4,7,16H2,1H3,(H,19,21). The third kappa shape index (κ3) is 3.80. The first-order valence-corrected chi connectivity index (χ1v) is 7.15. The molecule has 2 aromatic rings. The molecule has 0 saturated carbocycles. The molecule has 1 atom stereocenters. The van der Waals surface area contributed by atoms with Crippen molar-refractivity contribution in [2.45, 2.75) is 19.8 Å². The zero-order chi connectivity index (χ0) is 15.2. The Kier molecular flexibility index (Phi) is 5.30. The molecule has 2 rings (SSSR count). The Bertz CT molecular complexity index is 599. The van der Waals surface area contributed by atoms with E-state index in [-0.39, 0.29) is 11.8 Å². The Labute approximate surface area is 128 Å². The minimum absolute atomic E-state index is 0.0629. The second-order valence-electron chi connectivity index (χ2n) is 4.80. The summed E-state index contributed by atoms with van der Waals surface area (Å²) in [4.78, 5) is 16.1. The van der Waals surface area contributed by atoms with Crippen molar-refractivity contribution in [2.75, 3.05) is 11.9 Å². The molecular formula is C14H18ClN5O. The van der Waals surface area contributed by atoms with Gasteiger partial charge < -0.3 is 11.1 Å². The summed E-state index contributed by atoms with van der Waals surface area (Å²) in [5.41, 5.74) is 6.69. The van der Waals surface area contributed by atoms with E-state index in [1.54, 1.807) is 18.2 Å². The Balaban J connectivity index is 2.21. The van der Waals surface area contributed by atoms with E-state index < -0.39 is 0 Å². The molecule has 0 saturated heterocycles. The van der Waals surface area contributed by atoms with Crippen LogP contribution in [0.25, 0.3) is 5.69 Å². The smallest absolute Gasteiger partial charge is 0.227 e. The van der Waals surface area contributed by atoms with Crippen molar-refractivity contribution in [3.63, 3.8) is 0 Å². The molecule has 0 aliphatic rings. The van der Waals surface area contributed by atoms with Crippen LogP contribution < -0.4 is 11.1 Å². The van der Waals surface area contributed by atoms with Gasteiger partial charge in [0, 0.05) is 5.92 Å². The van der Waals surface area contributed by atoms with Crippen molar-refractivity contribution in [2.24, 2.45) is 11.7 Å². The van der Waals surface area contributed by atoms with Gasteiger partial charge in [-0.05, 0) is 31.5 Å². The van der Waals surface area contributed by atoms with Crippen LogP contribution in [0, 0.1) is 5.92 Å². The molecule has 6 nitrogen and oxygen atoms in total. The fourth-order valence-electron chi connectivity index (χ4n) is 1.98. The van der Waals surface area contributed by atoms with Crippen LogP contribution in [-0.4, -0.2) is 27.2 Å². The number of rotatable bonds is 6. The number of anilines is 1. The molecule has 0 aliphatic carbocycles. The molecule has 7 heteroatoms. The summed E-state index contributed by atoms with van der Waals surface area (Å²) in [6.45, 7) is 2.46. The molecule has 3 N–H and O–H groups in total. The number of para-hydroxylation sites is 1. The van der Waals surface area contributed by atoms with Crippen LogP contribution in [0.1, 0.15) is 19.8 Å². The van der Waals surface area contributed by atoms with Crippen molar-refractivity contribution in [1.29, 1.82) is 0 Å². The number of hydrogen-bond donors (Lipinski definition) is 2. The highest BCUT2D eigenvalue weighted by Gasteiger charge is 2.16. The van der Waals surface area contributed by atoms with Gasteiger partial charge in [0.15, 0.2) is 0 Å². The first kappa shape index (κ1) is 15.5. The Morgan fingerprint density at radius 1 is 1.52 bits per heavy atom. The van der Waals surface area contributed by atoms with E-state index in [1.807, 2.05) is 6.92 Å². The highest BCUT2D eigenvalue weighted by atomic mass is 35.5. The van der Waals surface area contributed by atoms with E-state index in [0.717, 1.165) is 12.8 Å². The summed E-state index contributed by atoms with van der Waals surface area (Å²) in [5.74, 6) is -0.178. The number of halogens is 1. The molecule has 1 aromatic heterocycles. The summed E-state index contributed by atoms with van der Waals surface area (Å²) in [6.07, 6.45) is 4.52. The van der Waals surface area contributed by atoms with E-state index in [4.69, 9.17) is 17.3 Å². The number of nitrogens with zero attached hydrogens (tertiary/aromatic N) is 3. The molecule has 112 valence electrons. The predicted molar refractivity (Wildman–Crippen MR) is 82.5 cm³/mol. The zero-order valence-corrected chi connectivity index (χ0v) is 12.5. The number of amides is 1. The molecule has 21 heavy (non-hydrogen) atoms. The minimum Gasteiger partial charge on any atom is -0.330 e. The lowest BCUT2D eigenvalue weighted by Crippen LogP contribution is -2.22.